The Bertz CT molecular complexity index is 480. The average Bonchev–Trinajstić information content (AvgIpc) is 2.40. The molecule has 0 bridgehead atoms. The van der Waals surface area contributed by atoms with E-state index >= 15 is 0 Å². The Hall–Kier alpha value is -0.750. The van der Waals surface area contributed by atoms with Crippen LogP contribution in [0.15, 0.2) is 22.7 Å². The van der Waals surface area contributed by atoms with E-state index in [1.807, 2.05) is 0 Å². The molecule has 2 rings (SSSR count). The molecule has 6 heteroatoms. The lowest BCUT2D eigenvalue weighted by Gasteiger charge is -2.35. The minimum atomic E-state index is -4.34. The van der Waals surface area contributed by atoms with E-state index in [4.69, 9.17) is 0 Å². The molecule has 1 heterocycles. The monoisotopic (exact) mass is 364 g/mol. The van der Waals surface area contributed by atoms with Crippen molar-refractivity contribution in [1.29, 1.82) is 0 Å². The molecule has 21 heavy (non-hydrogen) atoms. The first-order valence-corrected chi connectivity index (χ1v) is 7.94. The first-order chi connectivity index (χ1) is 9.77. The number of halogens is 4. The van der Waals surface area contributed by atoms with Crippen LogP contribution in [0.4, 0.5) is 18.9 Å². The molecule has 0 aliphatic carbocycles. The van der Waals surface area contributed by atoms with Crippen LogP contribution in [0.25, 0.3) is 0 Å². The molecule has 1 saturated heterocycles. The van der Waals surface area contributed by atoms with Crippen LogP contribution in [0, 0.1) is 0 Å². The summed E-state index contributed by atoms with van der Waals surface area (Å²) < 4.78 is 38.7. The van der Waals surface area contributed by atoms with Crippen LogP contribution in [0.5, 0.6) is 0 Å². The second kappa shape index (κ2) is 6.57. The normalized spacial score (nSPS) is 18.2. The van der Waals surface area contributed by atoms with E-state index in [-0.39, 0.29) is 10.5 Å². The van der Waals surface area contributed by atoms with Gasteiger partial charge in [0.15, 0.2) is 0 Å². The van der Waals surface area contributed by atoms with Crippen LogP contribution in [0.1, 0.15) is 32.3 Å². The molecule has 1 aliphatic heterocycles. The highest BCUT2D eigenvalue weighted by Gasteiger charge is 2.33. The van der Waals surface area contributed by atoms with Crippen LogP contribution in [-0.4, -0.2) is 30.1 Å². The van der Waals surface area contributed by atoms with E-state index in [2.05, 4.69) is 40.0 Å². The van der Waals surface area contributed by atoms with E-state index in [1.54, 1.807) is 6.07 Å². The minimum absolute atomic E-state index is 0.0789. The zero-order valence-electron chi connectivity index (χ0n) is 12.2. The number of likely N-dealkylation sites (tertiary alicyclic amines) is 1. The molecule has 1 aromatic rings. The number of rotatable bonds is 3. The zero-order valence-corrected chi connectivity index (χ0v) is 13.8. The lowest BCUT2D eigenvalue weighted by atomic mass is 10.0. The van der Waals surface area contributed by atoms with Crippen molar-refractivity contribution in [1.82, 2.24) is 4.90 Å². The van der Waals surface area contributed by atoms with Gasteiger partial charge < -0.3 is 10.2 Å². The Kier molecular flexibility index (Phi) is 5.20. The molecule has 1 aliphatic rings. The van der Waals surface area contributed by atoms with Crippen molar-refractivity contribution in [3.63, 3.8) is 0 Å². The molecule has 0 atom stereocenters. The van der Waals surface area contributed by atoms with Crippen LogP contribution in [0.3, 0.4) is 0 Å². The molecule has 0 unspecified atom stereocenters. The second-order valence-corrected chi connectivity index (χ2v) is 6.60. The Morgan fingerprint density at radius 1 is 1.24 bits per heavy atom. The van der Waals surface area contributed by atoms with Crippen molar-refractivity contribution in [2.75, 3.05) is 18.4 Å². The van der Waals surface area contributed by atoms with Gasteiger partial charge in [-0.1, -0.05) is 15.9 Å². The standard InChI is InChI=1S/C15H20BrF3N2/c1-10(2)21-7-5-11(6-8-21)20-12-3-4-14(16)13(9-12)15(17,18)19/h3-4,9-11,20H,5-8H2,1-2H3. The Labute approximate surface area is 131 Å². The van der Waals surface area contributed by atoms with Gasteiger partial charge >= 0.3 is 6.18 Å². The molecular formula is C15H20BrF3N2. The number of alkyl halides is 3. The third kappa shape index (κ3) is 4.36. The van der Waals surface area contributed by atoms with Gasteiger partial charge in [-0.05, 0) is 44.9 Å². The fourth-order valence-corrected chi connectivity index (χ4v) is 3.10. The molecule has 2 nitrogen and oxygen atoms in total. The maximum Gasteiger partial charge on any atom is 0.417 e. The molecule has 118 valence electrons. The van der Waals surface area contributed by atoms with Gasteiger partial charge in [-0.2, -0.15) is 13.2 Å². The van der Waals surface area contributed by atoms with Gasteiger partial charge in [0.2, 0.25) is 0 Å². The predicted molar refractivity (Wildman–Crippen MR) is 82.5 cm³/mol. The van der Waals surface area contributed by atoms with E-state index in [0.29, 0.717) is 11.7 Å². The fourth-order valence-electron chi connectivity index (χ4n) is 2.63. The van der Waals surface area contributed by atoms with Gasteiger partial charge in [0, 0.05) is 35.3 Å². The highest BCUT2D eigenvalue weighted by Crippen LogP contribution is 2.36. The Balaban J connectivity index is 2.01. The number of anilines is 1. The van der Waals surface area contributed by atoms with E-state index in [0.717, 1.165) is 25.9 Å². The third-order valence-corrected chi connectivity index (χ3v) is 4.59. The Morgan fingerprint density at radius 2 is 1.86 bits per heavy atom. The van der Waals surface area contributed by atoms with Gasteiger partial charge in [-0.15, -0.1) is 0 Å². The van der Waals surface area contributed by atoms with Gasteiger partial charge in [-0.3, -0.25) is 0 Å². The van der Waals surface area contributed by atoms with Crippen molar-refractivity contribution >= 4 is 21.6 Å². The third-order valence-electron chi connectivity index (χ3n) is 3.90. The maximum atomic E-state index is 12.9. The molecule has 0 saturated carbocycles. The van der Waals surface area contributed by atoms with Crippen molar-refractivity contribution in [3.05, 3.63) is 28.2 Å². The average molecular weight is 365 g/mol. The second-order valence-electron chi connectivity index (χ2n) is 5.74. The summed E-state index contributed by atoms with van der Waals surface area (Å²) in [5, 5.41) is 3.23. The highest BCUT2D eigenvalue weighted by atomic mass is 79.9. The van der Waals surface area contributed by atoms with Crippen LogP contribution in [0.2, 0.25) is 0 Å². The van der Waals surface area contributed by atoms with Crippen molar-refractivity contribution in [2.24, 2.45) is 0 Å². The summed E-state index contributed by atoms with van der Waals surface area (Å²) in [4.78, 5) is 2.39. The number of hydrogen-bond donors (Lipinski definition) is 1. The van der Waals surface area contributed by atoms with Gasteiger partial charge in [-0.25, -0.2) is 0 Å². The fraction of sp³-hybridized carbons (Fsp3) is 0.600. The molecule has 0 radical (unpaired) electrons. The molecular weight excluding hydrogens is 345 g/mol. The summed E-state index contributed by atoms with van der Waals surface area (Å²) in [6.07, 6.45) is -2.43. The van der Waals surface area contributed by atoms with Crippen LogP contribution < -0.4 is 5.32 Å². The number of benzene rings is 1. The molecule has 0 aromatic heterocycles. The van der Waals surface area contributed by atoms with Gasteiger partial charge in [0.25, 0.3) is 0 Å². The first-order valence-electron chi connectivity index (χ1n) is 7.14. The van der Waals surface area contributed by atoms with Crippen molar-refractivity contribution in [3.8, 4) is 0 Å². The van der Waals surface area contributed by atoms with Crippen molar-refractivity contribution < 1.29 is 13.2 Å². The lowest BCUT2D eigenvalue weighted by molar-refractivity contribution is -0.138. The summed E-state index contributed by atoms with van der Waals surface area (Å²) in [6, 6.07) is 5.08. The predicted octanol–water partition coefficient (Wildman–Crippen LogP) is 4.75. The quantitative estimate of drug-likeness (QED) is 0.832. The SMILES string of the molecule is CC(C)N1CCC(Nc2ccc(Br)c(C(F)(F)F)c2)CC1. The highest BCUT2D eigenvalue weighted by molar-refractivity contribution is 9.10. The van der Waals surface area contributed by atoms with Crippen LogP contribution in [-0.2, 0) is 6.18 Å². The summed E-state index contributed by atoms with van der Waals surface area (Å²) >= 11 is 2.96. The Morgan fingerprint density at radius 3 is 2.38 bits per heavy atom. The molecule has 0 spiro atoms. The molecule has 1 N–H and O–H groups in total. The molecule has 1 aromatic carbocycles. The largest absolute Gasteiger partial charge is 0.417 e. The number of piperidine rings is 1. The number of nitrogens with one attached hydrogen (secondary N) is 1. The smallest absolute Gasteiger partial charge is 0.382 e. The van der Waals surface area contributed by atoms with E-state index in [1.165, 1.54) is 12.1 Å². The minimum Gasteiger partial charge on any atom is -0.382 e. The first kappa shape index (κ1) is 16.6. The maximum absolute atomic E-state index is 12.9. The summed E-state index contributed by atoms with van der Waals surface area (Å²) in [5.74, 6) is 0. The summed E-state index contributed by atoms with van der Waals surface area (Å²) in [7, 11) is 0. The number of hydrogen-bond acceptors (Lipinski definition) is 2. The van der Waals surface area contributed by atoms with Gasteiger partial charge in [0.05, 0.1) is 5.56 Å². The summed E-state index contributed by atoms with van der Waals surface area (Å²) in [5.41, 5.74) is -0.0966. The summed E-state index contributed by atoms with van der Waals surface area (Å²) in [6.45, 7) is 6.30. The number of nitrogens with zero attached hydrogens (tertiary/aromatic N) is 1. The van der Waals surface area contributed by atoms with Crippen LogP contribution >= 0.6 is 15.9 Å². The molecule has 1 fully saturated rings. The van der Waals surface area contributed by atoms with E-state index in [9.17, 15) is 13.2 Å². The lowest BCUT2D eigenvalue weighted by Crippen LogP contribution is -2.42. The molecule has 0 amide bonds. The van der Waals surface area contributed by atoms with Gasteiger partial charge in [0.1, 0.15) is 0 Å². The van der Waals surface area contributed by atoms with Crippen molar-refractivity contribution in [2.45, 2.75) is 44.9 Å². The zero-order chi connectivity index (χ0) is 15.6. The van der Waals surface area contributed by atoms with E-state index < -0.39 is 11.7 Å². The topological polar surface area (TPSA) is 15.3 Å².